The lowest BCUT2D eigenvalue weighted by Crippen LogP contribution is -2.52. The van der Waals surface area contributed by atoms with Gasteiger partial charge in [-0.15, -0.1) is 0 Å². The fourth-order valence-corrected chi connectivity index (χ4v) is 2.93. The van der Waals surface area contributed by atoms with E-state index in [1.165, 1.54) is 6.92 Å². The van der Waals surface area contributed by atoms with E-state index in [0.29, 0.717) is 16.9 Å². The van der Waals surface area contributed by atoms with Crippen molar-refractivity contribution in [2.45, 2.75) is 24.4 Å². The van der Waals surface area contributed by atoms with Gasteiger partial charge in [-0.2, -0.15) is 0 Å². The van der Waals surface area contributed by atoms with Crippen molar-refractivity contribution < 1.29 is 24.6 Å². The third-order valence-corrected chi connectivity index (χ3v) is 4.23. The number of halogens is 1. The predicted octanol–water partition coefficient (Wildman–Crippen LogP) is 1.14. The van der Waals surface area contributed by atoms with Crippen molar-refractivity contribution in [1.29, 1.82) is 0 Å². The van der Waals surface area contributed by atoms with Crippen LogP contribution >= 0.6 is 11.6 Å². The van der Waals surface area contributed by atoms with Gasteiger partial charge >= 0.3 is 11.9 Å². The molecule has 3 N–H and O–H groups in total. The lowest BCUT2D eigenvalue weighted by Gasteiger charge is -2.25. The van der Waals surface area contributed by atoms with Crippen molar-refractivity contribution in [2.75, 3.05) is 0 Å². The van der Waals surface area contributed by atoms with Crippen LogP contribution in [-0.4, -0.2) is 40.0 Å². The summed E-state index contributed by atoms with van der Waals surface area (Å²) in [6.45, 7) is 1.32. The predicted molar refractivity (Wildman–Crippen MR) is 74.3 cm³/mol. The summed E-state index contributed by atoms with van der Waals surface area (Å²) in [6.07, 6.45) is 0.503. The van der Waals surface area contributed by atoms with E-state index in [4.69, 9.17) is 11.6 Å². The SMILES string of the molecule is C[C@@]1(C(=O)O)N[C@H](C(=O)O)[C@@H](c2ccc(Cl)cc2)[C@@H]1C=O. The minimum Gasteiger partial charge on any atom is -0.480 e. The van der Waals surface area contributed by atoms with Crippen molar-refractivity contribution in [3.63, 3.8) is 0 Å². The molecule has 1 aromatic rings. The highest BCUT2D eigenvalue weighted by molar-refractivity contribution is 6.30. The molecule has 0 aliphatic carbocycles. The number of benzene rings is 1. The van der Waals surface area contributed by atoms with Crippen molar-refractivity contribution in [3.05, 3.63) is 34.9 Å². The van der Waals surface area contributed by atoms with E-state index in [9.17, 15) is 24.6 Å². The monoisotopic (exact) mass is 311 g/mol. The first-order valence-electron chi connectivity index (χ1n) is 6.26. The zero-order valence-electron chi connectivity index (χ0n) is 11.1. The molecular formula is C14H14ClNO5. The quantitative estimate of drug-likeness (QED) is 0.720. The van der Waals surface area contributed by atoms with Gasteiger partial charge in [0.25, 0.3) is 0 Å². The Bertz CT molecular complexity index is 588. The molecule has 1 aliphatic rings. The molecule has 0 aromatic heterocycles. The highest BCUT2D eigenvalue weighted by atomic mass is 35.5. The van der Waals surface area contributed by atoms with Gasteiger partial charge in [0, 0.05) is 10.9 Å². The van der Waals surface area contributed by atoms with Crippen LogP contribution in [0.25, 0.3) is 0 Å². The van der Waals surface area contributed by atoms with Crippen molar-refractivity contribution in [1.82, 2.24) is 5.32 Å². The Kier molecular flexibility index (Phi) is 4.02. The third kappa shape index (κ3) is 2.52. The maximum absolute atomic E-state index is 11.5. The van der Waals surface area contributed by atoms with Crippen LogP contribution in [-0.2, 0) is 14.4 Å². The van der Waals surface area contributed by atoms with Crippen LogP contribution in [0.1, 0.15) is 18.4 Å². The Morgan fingerprint density at radius 3 is 2.29 bits per heavy atom. The molecule has 1 saturated heterocycles. The maximum atomic E-state index is 11.5. The molecule has 7 heteroatoms. The molecule has 0 saturated carbocycles. The summed E-state index contributed by atoms with van der Waals surface area (Å²) in [6, 6.07) is 5.20. The summed E-state index contributed by atoms with van der Waals surface area (Å²) in [5, 5.41) is 21.7. The number of hydrogen-bond donors (Lipinski definition) is 3. The smallest absolute Gasteiger partial charge is 0.324 e. The van der Waals surface area contributed by atoms with Crippen LogP contribution in [0.3, 0.4) is 0 Å². The molecule has 0 unspecified atom stereocenters. The molecule has 1 aromatic carbocycles. The summed E-state index contributed by atoms with van der Waals surface area (Å²) in [5.41, 5.74) is -1.07. The lowest BCUT2D eigenvalue weighted by atomic mass is 9.77. The molecular weight excluding hydrogens is 298 g/mol. The summed E-state index contributed by atoms with van der Waals surface area (Å²) in [7, 11) is 0. The Morgan fingerprint density at radius 2 is 1.86 bits per heavy atom. The molecule has 2 rings (SSSR count). The number of carboxylic acid groups (broad SMARTS) is 2. The molecule has 1 heterocycles. The number of rotatable bonds is 4. The third-order valence-electron chi connectivity index (χ3n) is 3.98. The van der Waals surface area contributed by atoms with Gasteiger partial charge < -0.3 is 15.0 Å². The van der Waals surface area contributed by atoms with E-state index in [-0.39, 0.29) is 0 Å². The van der Waals surface area contributed by atoms with Gasteiger partial charge in [0.15, 0.2) is 0 Å². The molecule has 0 bridgehead atoms. The average molecular weight is 312 g/mol. The number of hydrogen-bond acceptors (Lipinski definition) is 4. The van der Waals surface area contributed by atoms with Gasteiger partial charge in [-0.1, -0.05) is 23.7 Å². The second-order valence-electron chi connectivity index (χ2n) is 5.21. The molecule has 0 radical (unpaired) electrons. The zero-order chi connectivity index (χ0) is 15.8. The Hall–Kier alpha value is -1.92. The Morgan fingerprint density at radius 1 is 1.29 bits per heavy atom. The second-order valence-corrected chi connectivity index (χ2v) is 5.64. The number of carbonyl (C=O) groups excluding carboxylic acids is 1. The molecule has 1 aliphatic heterocycles. The van der Waals surface area contributed by atoms with Crippen molar-refractivity contribution in [2.24, 2.45) is 5.92 Å². The van der Waals surface area contributed by atoms with Crippen LogP contribution in [0.2, 0.25) is 5.02 Å². The lowest BCUT2D eigenvalue weighted by molar-refractivity contribution is -0.146. The minimum atomic E-state index is -1.63. The van der Waals surface area contributed by atoms with Crippen molar-refractivity contribution in [3.8, 4) is 0 Å². The van der Waals surface area contributed by atoms with E-state index < -0.39 is 35.4 Å². The number of carboxylic acids is 2. The standard InChI is InChI=1S/C14H14ClNO5/c1-14(13(20)21)9(6-17)10(11(16-14)12(18)19)7-2-4-8(15)5-3-7/h2-6,9-11,16H,1H3,(H,18,19)(H,20,21)/t9-,10-,11-,14+/m0/s1. The van der Waals surface area contributed by atoms with Crippen LogP contribution in [0.15, 0.2) is 24.3 Å². The van der Waals surface area contributed by atoms with Crippen LogP contribution < -0.4 is 5.32 Å². The summed E-state index contributed by atoms with van der Waals surface area (Å²) in [4.78, 5) is 34.3. The summed E-state index contributed by atoms with van der Waals surface area (Å²) >= 11 is 5.80. The maximum Gasteiger partial charge on any atom is 0.324 e. The van der Waals surface area contributed by atoms with E-state index in [1.807, 2.05) is 0 Å². The van der Waals surface area contributed by atoms with Gasteiger partial charge in [-0.3, -0.25) is 14.9 Å². The Labute approximate surface area is 125 Å². The topological polar surface area (TPSA) is 104 Å². The molecule has 6 nitrogen and oxygen atoms in total. The molecule has 0 spiro atoms. The first-order valence-corrected chi connectivity index (χ1v) is 6.63. The van der Waals surface area contributed by atoms with E-state index in [1.54, 1.807) is 24.3 Å². The van der Waals surface area contributed by atoms with E-state index in [0.717, 1.165) is 0 Å². The van der Waals surface area contributed by atoms with Crippen LogP contribution in [0.5, 0.6) is 0 Å². The second kappa shape index (κ2) is 5.46. The minimum absolute atomic E-state index is 0.472. The van der Waals surface area contributed by atoms with Crippen LogP contribution in [0, 0.1) is 5.92 Å². The fourth-order valence-electron chi connectivity index (χ4n) is 2.80. The molecule has 1 fully saturated rings. The average Bonchev–Trinajstić information content (AvgIpc) is 2.74. The first kappa shape index (κ1) is 15.5. The zero-order valence-corrected chi connectivity index (χ0v) is 11.9. The Balaban J connectivity index is 2.53. The highest BCUT2D eigenvalue weighted by Crippen LogP contribution is 2.41. The molecule has 21 heavy (non-hydrogen) atoms. The number of aliphatic carboxylic acids is 2. The summed E-state index contributed by atoms with van der Waals surface area (Å²) in [5.74, 6) is -4.25. The fraction of sp³-hybridized carbons (Fsp3) is 0.357. The first-order chi connectivity index (χ1) is 9.81. The normalized spacial score (nSPS) is 31.8. The van der Waals surface area contributed by atoms with Crippen molar-refractivity contribution >= 4 is 29.8 Å². The molecule has 4 atom stereocenters. The molecule has 112 valence electrons. The highest BCUT2D eigenvalue weighted by Gasteiger charge is 2.57. The van der Waals surface area contributed by atoms with Gasteiger partial charge in [0.2, 0.25) is 0 Å². The number of carbonyl (C=O) groups is 3. The largest absolute Gasteiger partial charge is 0.480 e. The van der Waals surface area contributed by atoms with Gasteiger partial charge in [-0.05, 0) is 24.6 Å². The van der Waals surface area contributed by atoms with Gasteiger partial charge in [0.05, 0.1) is 5.92 Å². The number of aldehydes is 1. The summed E-state index contributed by atoms with van der Waals surface area (Å²) < 4.78 is 0. The van der Waals surface area contributed by atoms with Crippen LogP contribution in [0.4, 0.5) is 0 Å². The van der Waals surface area contributed by atoms with E-state index >= 15 is 0 Å². The van der Waals surface area contributed by atoms with Gasteiger partial charge in [0.1, 0.15) is 17.9 Å². The van der Waals surface area contributed by atoms with Gasteiger partial charge in [-0.25, -0.2) is 0 Å². The number of nitrogens with one attached hydrogen (secondary N) is 1. The van der Waals surface area contributed by atoms with E-state index in [2.05, 4.69) is 5.32 Å². The molecule has 0 amide bonds.